The van der Waals surface area contributed by atoms with E-state index in [0.717, 1.165) is 21.6 Å². The van der Waals surface area contributed by atoms with Crippen LogP contribution in [-0.4, -0.2) is 201 Å². The van der Waals surface area contributed by atoms with Crippen LogP contribution in [0.2, 0.25) is 0 Å². The molecule has 4 heterocycles. The van der Waals surface area contributed by atoms with Crippen molar-refractivity contribution in [2.24, 2.45) is 17.4 Å². The largest absolute Gasteiger partial charge is 0.508 e. The number of aromatic nitrogens is 6. The first-order chi connectivity index (χ1) is 47.8. The lowest BCUT2D eigenvalue weighted by molar-refractivity contribution is -0.142. The summed E-state index contributed by atoms with van der Waals surface area (Å²) in [6.45, 7) is 7.16. The number of likely N-dealkylation sites (tertiary alicyclic amines) is 1. The van der Waals surface area contributed by atoms with Gasteiger partial charge in [0.05, 0.1) is 31.5 Å². The lowest BCUT2D eigenvalue weighted by Gasteiger charge is -2.31. The third-order valence-corrected chi connectivity index (χ3v) is 18.5. The Morgan fingerprint density at radius 1 is 0.570 bits per heavy atom. The van der Waals surface area contributed by atoms with Crippen LogP contribution in [0.3, 0.4) is 0 Å². The Morgan fingerprint density at radius 3 is 1.63 bits per heavy atom. The number of aromatic amines is 3. The molecule has 2 aromatic carbocycles. The molecular weight excluding hydrogens is 1330 g/mol. The van der Waals surface area contributed by atoms with Crippen molar-refractivity contribution in [3.05, 3.63) is 120 Å². The summed E-state index contributed by atoms with van der Waals surface area (Å²) < 4.78 is 0. The number of aryl methyl sites for hydroxylation is 1. The maximum atomic E-state index is 15.0. The molecule has 0 spiro atoms. The van der Waals surface area contributed by atoms with Gasteiger partial charge in [-0.15, -0.1) is 0 Å². The molecule has 1 aliphatic rings. The molecule has 3 aromatic heterocycles. The maximum Gasteiger partial charge on any atom is 0.246 e. The SMILES string of the molecule is CCC(=O)NCCCC[C@H](NC(=O)C[C@@H](C)O)C(=O)N[C@@H](Cc1ccccc1)C(=O)N1CCC[C@H]1C(=O)N[C@@H](Cc1cnc[nH]1)C(=O)N[C@@H](Cc1cnc[nH]1)C(=O)N[C@@H](Cc1ccc(O)cc1)C(=O)N[C@@H](CSSC[C@H](NC(=O)CCc1cnc[nH]1)C(N)=O)C(=O)N[C@@H](CC(C)C)C(N)=O. The molecule has 0 bridgehead atoms. The number of rotatable bonds is 43. The van der Waals surface area contributed by atoms with Crippen LogP contribution in [0.1, 0.15) is 114 Å². The molecule has 100 heavy (non-hydrogen) atoms. The van der Waals surface area contributed by atoms with E-state index in [2.05, 4.69) is 77.8 Å². The minimum absolute atomic E-state index is 0.0124. The van der Waals surface area contributed by atoms with E-state index < -0.39 is 125 Å². The van der Waals surface area contributed by atoms with Crippen LogP contribution in [0.25, 0.3) is 0 Å². The van der Waals surface area contributed by atoms with Gasteiger partial charge >= 0.3 is 0 Å². The second kappa shape index (κ2) is 40.9. The van der Waals surface area contributed by atoms with Crippen molar-refractivity contribution in [3.8, 4) is 5.75 Å². The highest BCUT2D eigenvalue weighted by Crippen LogP contribution is 2.25. The van der Waals surface area contributed by atoms with Crippen molar-refractivity contribution in [2.75, 3.05) is 24.6 Å². The highest BCUT2D eigenvalue weighted by atomic mass is 33.1. The van der Waals surface area contributed by atoms with Crippen molar-refractivity contribution in [1.29, 1.82) is 0 Å². The number of aliphatic hydroxyl groups is 1. The van der Waals surface area contributed by atoms with Gasteiger partial charge in [-0.3, -0.25) is 57.5 Å². The third kappa shape index (κ3) is 27.1. The molecule has 0 unspecified atom stereocenters. The number of carbonyl (C=O) groups excluding carboxylic acids is 12. The van der Waals surface area contributed by atoms with Crippen LogP contribution in [0.4, 0.5) is 0 Å². The topological polar surface area (TPSA) is 495 Å². The molecule has 1 fully saturated rings. The van der Waals surface area contributed by atoms with Gasteiger partial charge in [0.2, 0.25) is 70.9 Å². The molecule has 34 heteroatoms. The van der Waals surface area contributed by atoms with Gasteiger partial charge in [0.25, 0.3) is 0 Å². The fourth-order valence-electron chi connectivity index (χ4n) is 10.8. The molecule has 18 N–H and O–H groups in total. The van der Waals surface area contributed by atoms with Crippen molar-refractivity contribution in [1.82, 2.24) is 82.7 Å². The van der Waals surface area contributed by atoms with Gasteiger partial charge in [-0.1, -0.05) is 84.8 Å². The molecule has 0 saturated carbocycles. The van der Waals surface area contributed by atoms with E-state index >= 15 is 4.79 Å². The Kier molecular flexibility index (Phi) is 32.4. The van der Waals surface area contributed by atoms with Gasteiger partial charge in [-0.05, 0) is 81.0 Å². The van der Waals surface area contributed by atoms with E-state index in [1.54, 1.807) is 43.5 Å². The summed E-state index contributed by atoms with van der Waals surface area (Å²) in [5, 5.41) is 44.7. The number of nitrogens with two attached hydrogens (primary N) is 2. The fraction of sp³-hybridized carbons (Fsp3) is 0.500. The van der Waals surface area contributed by atoms with E-state index in [0.29, 0.717) is 60.4 Å². The Hall–Kier alpha value is -9.83. The van der Waals surface area contributed by atoms with Crippen LogP contribution >= 0.6 is 21.6 Å². The summed E-state index contributed by atoms with van der Waals surface area (Å²) in [5.74, 6) is -9.09. The summed E-state index contributed by atoms with van der Waals surface area (Å²) in [5.41, 5.74) is 13.9. The minimum atomic E-state index is -1.54. The average molecular weight is 1430 g/mol. The number of carbonyl (C=O) groups is 12. The van der Waals surface area contributed by atoms with Gasteiger partial charge in [-0.25, -0.2) is 15.0 Å². The fourth-order valence-corrected chi connectivity index (χ4v) is 13.1. The highest BCUT2D eigenvalue weighted by molar-refractivity contribution is 8.76. The lowest BCUT2D eigenvalue weighted by atomic mass is 10.0. The van der Waals surface area contributed by atoms with Crippen molar-refractivity contribution in [3.63, 3.8) is 0 Å². The average Bonchev–Trinajstić information content (AvgIpc) is 1.65. The zero-order chi connectivity index (χ0) is 72.7. The lowest BCUT2D eigenvalue weighted by Crippen LogP contribution is -2.61. The van der Waals surface area contributed by atoms with Crippen LogP contribution in [0, 0.1) is 5.92 Å². The molecule has 1 aliphatic heterocycles. The molecule has 1 saturated heterocycles. The second-order valence-corrected chi connectivity index (χ2v) is 27.3. The number of aliphatic hydroxyl groups excluding tert-OH is 1. The molecule has 542 valence electrons. The van der Waals surface area contributed by atoms with E-state index in [-0.39, 0.29) is 99.8 Å². The van der Waals surface area contributed by atoms with E-state index in [1.807, 2.05) is 13.8 Å². The first kappa shape index (κ1) is 79.2. The van der Waals surface area contributed by atoms with Crippen molar-refractivity contribution < 1.29 is 67.7 Å². The Bertz CT molecular complexity index is 3480. The number of nitrogens with zero attached hydrogens (tertiary/aromatic N) is 4. The highest BCUT2D eigenvalue weighted by Gasteiger charge is 2.41. The second-order valence-electron chi connectivity index (χ2n) is 24.8. The predicted octanol–water partition coefficient (Wildman–Crippen LogP) is -0.800. The van der Waals surface area contributed by atoms with Gasteiger partial charge in [0.15, 0.2) is 0 Å². The smallest absolute Gasteiger partial charge is 0.246 e. The predicted molar refractivity (Wildman–Crippen MR) is 370 cm³/mol. The Balaban J connectivity index is 1.24. The molecular formula is C66H92N18O14S2. The summed E-state index contributed by atoms with van der Waals surface area (Å²) in [6.07, 6.45) is 8.64. The number of hydrogen-bond acceptors (Lipinski definition) is 19. The standard InChI is InChI=1S/C66H92N18O14S2/c1-5-55(87)72-22-10-9-14-46(76-57(89)25-39(4)85)60(92)82-51(27-40-12-7-6-8-13-40)66(98)84-23-11-15-54(84)65(97)81-50(29-44-32-71-37-75-44)63(95)80-49(28-43-31-70-36-74-43)62(94)79-48(26-41-16-19-45(86)20-17-41)61(93)83-53(64(96)78-47(58(67)90)24-38(2)3)34-100-99-33-52(59(68)91)77-56(88)21-18-42-30-69-35-73-42/h6-8,12-13,16-17,19-20,30-32,35-39,46-54,85-86H,5,9-11,14-15,18,21-29,33-34H2,1-4H3,(H2,67,90)(H2,68,91)(H,69,73)(H,70,74)(H,71,75)(H,72,87)(H,76,89)(H,77,88)(H,78,96)(H,79,94)(H,80,95)(H,81,97)(H,82,92)(H,83,93)/t39-,46+,47+,48+,49+,50+,51+,52+,53+,54+/m1/s1. The van der Waals surface area contributed by atoms with Crippen molar-refractivity contribution >= 4 is 92.5 Å². The number of amides is 12. The molecule has 32 nitrogen and oxygen atoms in total. The Labute approximate surface area is 586 Å². The summed E-state index contributed by atoms with van der Waals surface area (Å²) in [4.78, 5) is 188. The number of aromatic hydroxyl groups is 1. The first-order valence-electron chi connectivity index (χ1n) is 33.1. The number of hydrogen-bond donors (Lipinski definition) is 16. The number of H-pyrrole nitrogens is 3. The quantitative estimate of drug-likeness (QED) is 0.0168. The molecule has 10 atom stereocenters. The zero-order valence-corrected chi connectivity index (χ0v) is 57.9. The van der Waals surface area contributed by atoms with Gasteiger partial charge in [0.1, 0.15) is 60.1 Å². The van der Waals surface area contributed by atoms with E-state index in [9.17, 15) is 63.0 Å². The first-order valence-corrected chi connectivity index (χ1v) is 35.6. The summed E-state index contributed by atoms with van der Waals surface area (Å²) in [6, 6.07) is 2.58. The van der Waals surface area contributed by atoms with Crippen LogP contribution in [0.15, 0.2) is 92.2 Å². The van der Waals surface area contributed by atoms with Gasteiger partial charge < -0.3 is 89.4 Å². The minimum Gasteiger partial charge on any atom is -0.508 e. The molecule has 0 radical (unpaired) electrons. The Morgan fingerprint density at radius 2 is 1.07 bits per heavy atom. The number of benzene rings is 2. The van der Waals surface area contributed by atoms with Crippen LogP contribution in [-0.2, 0) is 89.6 Å². The zero-order valence-electron chi connectivity index (χ0n) is 56.3. The number of phenols is 1. The number of imidazole rings is 3. The maximum absolute atomic E-state index is 15.0. The monoisotopic (exact) mass is 1420 g/mol. The van der Waals surface area contributed by atoms with E-state index in [4.69, 9.17) is 11.5 Å². The molecule has 5 aromatic rings. The summed E-state index contributed by atoms with van der Waals surface area (Å²) >= 11 is 0. The van der Waals surface area contributed by atoms with Crippen LogP contribution < -0.4 is 59.3 Å². The molecule has 6 rings (SSSR count). The van der Waals surface area contributed by atoms with Gasteiger partial charge in [0, 0.05) is 98.8 Å². The summed E-state index contributed by atoms with van der Waals surface area (Å²) in [7, 11) is 2.07. The third-order valence-electron chi connectivity index (χ3n) is 16.1. The molecule has 0 aliphatic carbocycles. The number of unbranched alkanes of at least 4 members (excludes halogenated alkanes) is 1. The van der Waals surface area contributed by atoms with E-state index in [1.165, 1.54) is 67.5 Å². The normalized spacial score (nSPS) is 15.4. The number of nitrogens with one attached hydrogen (secondary N) is 12. The van der Waals surface area contributed by atoms with Crippen LogP contribution in [0.5, 0.6) is 5.75 Å². The molecule has 12 amide bonds. The van der Waals surface area contributed by atoms with Crippen molar-refractivity contribution in [2.45, 2.75) is 178 Å². The van der Waals surface area contributed by atoms with Gasteiger partial charge in [-0.2, -0.15) is 0 Å². The number of phenolic OH excluding ortho intramolecular Hbond substituents is 1. The number of primary amides is 2.